The fourth-order valence-electron chi connectivity index (χ4n) is 4.42. The Morgan fingerprint density at radius 3 is 2.91 bits per heavy atom. The number of hydrogen-bond acceptors (Lipinski definition) is 4. The predicted molar refractivity (Wildman–Crippen MR) is 79.9 cm³/mol. The maximum atomic E-state index is 14.1. The van der Waals surface area contributed by atoms with Gasteiger partial charge in [-0.1, -0.05) is 19.9 Å². The molecule has 6 heteroatoms. The van der Waals surface area contributed by atoms with Gasteiger partial charge in [-0.05, 0) is 19.5 Å². The van der Waals surface area contributed by atoms with Crippen molar-refractivity contribution in [2.75, 3.05) is 13.7 Å². The van der Waals surface area contributed by atoms with Crippen LogP contribution in [-0.2, 0) is 11.3 Å². The summed E-state index contributed by atoms with van der Waals surface area (Å²) in [5.74, 6) is -0.0803. The standard InChI is InChI=1S/C16H21FN2O3/c1-16(2)14(10-7-8-22-15(10)16)18(3)9-11-12(17)5-4-6-13(11)19(20)21/h4-6,10,14-15H,7-9H2,1-3H3/t10-,14+,15+/m0/s1. The van der Waals surface area contributed by atoms with E-state index in [9.17, 15) is 14.5 Å². The van der Waals surface area contributed by atoms with Gasteiger partial charge >= 0.3 is 0 Å². The summed E-state index contributed by atoms with van der Waals surface area (Å²) in [6.45, 7) is 5.30. The van der Waals surface area contributed by atoms with Gasteiger partial charge in [-0.15, -0.1) is 0 Å². The quantitative estimate of drug-likeness (QED) is 0.634. The van der Waals surface area contributed by atoms with E-state index in [1.807, 2.05) is 11.9 Å². The second kappa shape index (κ2) is 5.28. The van der Waals surface area contributed by atoms with Crippen LogP contribution in [0.5, 0.6) is 0 Å². The van der Waals surface area contributed by atoms with Crippen LogP contribution in [0.4, 0.5) is 10.1 Å². The Morgan fingerprint density at radius 1 is 1.50 bits per heavy atom. The smallest absolute Gasteiger partial charge is 0.276 e. The van der Waals surface area contributed by atoms with Crippen LogP contribution in [0.15, 0.2) is 18.2 Å². The minimum absolute atomic E-state index is 0.0179. The van der Waals surface area contributed by atoms with E-state index < -0.39 is 10.7 Å². The van der Waals surface area contributed by atoms with Crippen LogP contribution in [0, 0.1) is 27.3 Å². The minimum Gasteiger partial charge on any atom is -0.377 e. The van der Waals surface area contributed by atoms with Crippen molar-refractivity contribution in [3.63, 3.8) is 0 Å². The normalized spacial score (nSPS) is 29.2. The Labute approximate surface area is 129 Å². The molecule has 0 bridgehead atoms. The molecule has 3 atom stereocenters. The zero-order valence-corrected chi connectivity index (χ0v) is 13.1. The van der Waals surface area contributed by atoms with Crippen molar-refractivity contribution in [1.29, 1.82) is 0 Å². The summed E-state index contributed by atoms with van der Waals surface area (Å²) in [5.41, 5.74) is -0.00738. The van der Waals surface area contributed by atoms with Crippen LogP contribution < -0.4 is 0 Å². The summed E-state index contributed by atoms with van der Waals surface area (Å²) in [5, 5.41) is 11.1. The van der Waals surface area contributed by atoms with Gasteiger partial charge in [-0.3, -0.25) is 15.0 Å². The average molecular weight is 308 g/mol. The molecule has 120 valence electrons. The van der Waals surface area contributed by atoms with Crippen molar-refractivity contribution in [2.24, 2.45) is 11.3 Å². The first-order valence-electron chi connectivity index (χ1n) is 7.57. The van der Waals surface area contributed by atoms with E-state index in [1.165, 1.54) is 18.2 Å². The Bertz CT molecular complexity index is 605. The highest BCUT2D eigenvalue weighted by atomic mass is 19.1. The third-order valence-corrected chi connectivity index (χ3v) is 5.21. The Hall–Kier alpha value is -1.53. The van der Waals surface area contributed by atoms with Gasteiger partial charge in [0.1, 0.15) is 5.82 Å². The summed E-state index contributed by atoms with van der Waals surface area (Å²) >= 11 is 0. The molecule has 5 nitrogen and oxygen atoms in total. The van der Waals surface area contributed by atoms with Gasteiger partial charge in [0.05, 0.1) is 16.6 Å². The summed E-state index contributed by atoms with van der Waals surface area (Å²) in [6.07, 6.45) is 1.25. The molecule has 1 aromatic carbocycles. The van der Waals surface area contributed by atoms with E-state index in [0.717, 1.165) is 13.0 Å². The van der Waals surface area contributed by atoms with Crippen molar-refractivity contribution in [3.05, 3.63) is 39.7 Å². The molecular formula is C16H21FN2O3. The molecular weight excluding hydrogens is 287 g/mol. The van der Waals surface area contributed by atoms with E-state index in [1.54, 1.807) is 0 Å². The number of ether oxygens (including phenoxy) is 1. The highest BCUT2D eigenvalue weighted by molar-refractivity contribution is 5.41. The van der Waals surface area contributed by atoms with E-state index in [4.69, 9.17) is 4.74 Å². The highest BCUT2D eigenvalue weighted by Crippen LogP contribution is 2.54. The van der Waals surface area contributed by atoms with E-state index in [-0.39, 0.29) is 35.4 Å². The maximum absolute atomic E-state index is 14.1. The first-order valence-corrected chi connectivity index (χ1v) is 7.57. The van der Waals surface area contributed by atoms with E-state index >= 15 is 0 Å². The Morgan fingerprint density at radius 2 is 2.23 bits per heavy atom. The van der Waals surface area contributed by atoms with Gasteiger partial charge < -0.3 is 4.74 Å². The zero-order valence-electron chi connectivity index (χ0n) is 13.1. The number of nitro benzene ring substituents is 1. The average Bonchev–Trinajstić information content (AvgIpc) is 2.86. The topological polar surface area (TPSA) is 55.6 Å². The number of nitro groups is 1. The monoisotopic (exact) mass is 308 g/mol. The third kappa shape index (κ3) is 2.21. The molecule has 1 saturated carbocycles. The molecule has 22 heavy (non-hydrogen) atoms. The van der Waals surface area contributed by atoms with Gasteiger partial charge in [0.2, 0.25) is 0 Å². The number of benzene rings is 1. The molecule has 0 radical (unpaired) electrons. The highest BCUT2D eigenvalue weighted by Gasteiger charge is 2.60. The molecule has 0 aromatic heterocycles. The first-order chi connectivity index (χ1) is 10.3. The molecule has 1 aromatic rings. The van der Waals surface area contributed by atoms with Crippen LogP contribution in [-0.4, -0.2) is 35.6 Å². The van der Waals surface area contributed by atoms with Gasteiger partial charge in [-0.25, -0.2) is 4.39 Å². The van der Waals surface area contributed by atoms with Gasteiger partial charge in [-0.2, -0.15) is 0 Å². The molecule has 0 amide bonds. The molecule has 1 heterocycles. The summed E-state index contributed by atoms with van der Waals surface area (Å²) in [6, 6.07) is 4.27. The number of fused-ring (bicyclic) bond motifs is 1. The second-order valence-corrected chi connectivity index (χ2v) is 6.92. The molecule has 0 N–H and O–H groups in total. The molecule has 2 aliphatic rings. The molecule has 2 fully saturated rings. The number of rotatable bonds is 4. The van der Waals surface area contributed by atoms with Gasteiger partial charge in [0, 0.05) is 36.6 Å². The lowest BCUT2D eigenvalue weighted by Crippen LogP contribution is -2.65. The SMILES string of the molecule is CN(Cc1c(F)cccc1[N+](=O)[O-])[C@@H]1[C@@H]2CCO[C@H]2C1(C)C. The van der Waals surface area contributed by atoms with Crippen LogP contribution in [0.2, 0.25) is 0 Å². The minimum atomic E-state index is -0.516. The summed E-state index contributed by atoms with van der Waals surface area (Å²) in [7, 11) is 1.91. The third-order valence-electron chi connectivity index (χ3n) is 5.21. The molecule has 0 unspecified atom stereocenters. The summed E-state index contributed by atoms with van der Waals surface area (Å²) < 4.78 is 19.8. The lowest BCUT2D eigenvalue weighted by Gasteiger charge is -2.58. The number of halogens is 1. The van der Waals surface area contributed by atoms with E-state index in [2.05, 4.69) is 13.8 Å². The predicted octanol–water partition coefficient (Wildman–Crippen LogP) is 2.98. The van der Waals surface area contributed by atoms with Crippen molar-refractivity contribution < 1.29 is 14.1 Å². The second-order valence-electron chi connectivity index (χ2n) is 6.92. The molecule has 3 rings (SSSR count). The summed E-state index contributed by atoms with van der Waals surface area (Å²) in [4.78, 5) is 12.6. The molecule has 0 spiro atoms. The van der Waals surface area contributed by atoms with Gasteiger partial charge in [0.25, 0.3) is 5.69 Å². The van der Waals surface area contributed by atoms with Gasteiger partial charge in [0.15, 0.2) is 0 Å². The fourth-order valence-corrected chi connectivity index (χ4v) is 4.42. The Balaban J connectivity index is 1.84. The zero-order chi connectivity index (χ0) is 16.1. The lowest BCUT2D eigenvalue weighted by molar-refractivity contribution is -0.386. The largest absolute Gasteiger partial charge is 0.377 e. The number of nitrogens with zero attached hydrogens (tertiary/aromatic N) is 2. The van der Waals surface area contributed by atoms with Crippen LogP contribution >= 0.6 is 0 Å². The fraction of sp³-hybridized carbons (Fsp3) is 0.625. The van der Waals surface area contributed by atoms with Crippen LogP contribution in [0.1, 0.15) is 25.8 Å². The lowest BCUT2D eigenvalue weighted by atomic mass is 9.57. The molecule has 1 aliphatic carbocycles. The maximum Gasteiger partial charge on any atom is 0.276 e. The van der Waals surface area contributed by atoms with E-state index in [0.29, 0.717) is 5.92 Å². The van der Waals surface area contributed by atoms with Crippen molar-refractivity contribution >= 4 is 5.69 Å². The first kappa shape index (κ1) is 15.4. The van der Waals surface area contributed by atoms with Crippen LogP contribution in [0.25, 0.3) is 0 Å². The molecule has 1 aliphatic heterocycles. The van der Waals surface area contributed by atoms with Crippen LogP contribution in [0.3, 0.4) is 0 Å². The molecule has 1 saturated heterocycles. The van der Waals surface area contributed by atoms with Crippen molar-refractivity contribution in [1.82, 2.24) is 4.90 Å². The van der Waals surface area contributed by atoms with Crippen molar-refractivity contribution in [2.45, 2.75) is 39.0 Å². The van der Waals surface area contributed by atoms with Crippen molar-refractivity contribution in [3.8, 4) is 0 Å². The number of hydrogen-bond donors (Lipinski definition) is 0. The Kier molecular flexibility index (Phi) is 3.69.